The van der Waals surface area contributed by atoms with Gasteiger partial charge in [0.2, 0.25) is 0 Å². The second kappa shape index (κ2) is 9.81. The number of fused-ring (bicyclic) bond motifs is 4. The third-order valence-corrected chi connectivity index (χ3v) is 8.79. The van der Waals surface area contributed by atoms with Crippen LogP contribution < -0.4 is 0 Å². The largest absolute Gasteiger partial charge is 0.228 e. The van der Waals surface area contributed by atoms with Crippen LogP contribution in [-0.4, -0.2) is 9.97 Å². The smallest absolute Gasteiger partial charge is 0.161 e. The van der Waals surface area contributed by atoms with Crippen molar-refractivity contribution in [2.24, 2.45) is 0 Å². The van der Waals surface area contributed by atoms with Gasteiger partial charge in [0.05, 0.1) is 11.4 Å². The van der Waals surface area contributed by atoms with Crippen molar-refractivity contribution < 1.29 is 0 Å². The second-order valence-corrected chi connectivity index (χ2v) is 11.3. The molecule has 192 valence electrons. The van der Waals surface area contributed by atoms with E-state index in [1.54, 1.807) is 0 Å². The van der Waals surface area contributed by atoms with E-state index < -0.39 is 0 Å². The van der Waals surface area contributed by atoms with Crippen molar-refractivity contribution >= 4 is 42.3 Å². The number of nitrogens with zero attached hydrogens (tertiary/aromatic N) is 2. The fraction of sp³-hybridized carbons (Fsp3) is 0. The lowest BCUT2D eigenvalue weighted by atomic mass is 9.97. The average molecular weight is 541 g/mol. The van der Waals surface area contributed by atoms with Crippen LogP contribution in [0.5, 0.6) is 0 Å². The maximum Gasteiger partial charge on any atom is 0.161 e. The molecule has 8 rings (SSSR count). The predicted octanol–water partition coefficient (Wildman–Crippen LogP) is 10.7. The number of hydrogen-bond donors (Lipinski definition) is 0. The van der Waals surface area contributed by atoms with E-state index in [0.717, 1.165) is 33.9 Å². The van der Waals surface area contributed by atoms with Crippen LogP contribution in [0.2, 0.25) is 0 Å². The highest BCUT2D eigenvalue weighted by molar-refractivity contribution is 7.26. The van der Waals surface area contributed by atoms with Gasteiger partial charge in [-0.25, -0.2) is 9.97 Å². The number of hydrogen-bond acceptors (Lipinski definition) is 3. The highest BCUT2D eigenvalue weighted by atomic mass is 32.1. The summed E-state index contributed by atoms with van der Waals surface area (Å²) in [6.45, 7) is 0. The zero-order chi connectivity index (χ0) is 27.2. The van der Waals surface area contributed by atoms with E-state index in [1.807, 2.05) is 17.4 Å². The van der Waals surface area contributed by atoms with Gasteiger partial charge in [0.15, 0.2) is 5.82 Å². The predicted molar refractivity (Wildman–Crippen MR) is 174 cm³/mol. The average Bonchev–Trinajstić information content (AvgIpc) is 3.43. The van der Waals surface area contributed by atoms with E-state index in [-0.39, 0.29) is 0 Å². The van der Waals surface area contributed by atoms with Crippen molar-refractivity contribution in [3.05, 3.63) is 146 Å². The van der Waals surface area contributed by atoms with E-state index in [9.17, 15) is 0 Å². The fourth-order valence-corrected chi connectivity index (χ4v) is 6.82. The minimum Gasteiger partial charge on any atom is -0.228 e. The Kier molecular flexibility index (Phi) is 5.68. The third-order valence-electron chi connectivity index (χ3n) is 7.67. The van der Waals surface area contributed by atoms with Crippen molar-refractivity contribution in [1.82, 2.24) is 9.97 Å². The van der Waals surface area contributed by atoms with E-state index >= 15 is 0 Å². The third kappa shape index (κ3) is 4.28. The van der Waals surface area contributed by atoms with Gasteiger partial charge in [-0.3, -0.25) is 0 Å². The molecular weight excluding hydrogens is 516 g/mol. The molecule has 0 saturated carbocycles. The lowest BCUT2D eigenvalue weighted by Crippen LogP contribution is -1.97. The number of aromatic nitrogens is 2. The van der Waals surface area contributed by atoms with Crippen LogP contribution in [0.15, 0.2) is 146 Å². The Morgan fingerprint density at radius 3 is 1.88 bits per heavy atom. The fourth-order valence-electron chi connectivity index (χ4n) is 5.65. The van der Waals surface area contributed by atoms with E-state index in [0.29, 0.717) is 0 Å². The second-order valence-electron chi connectivity index (χ2n) is 10.3. The maximum absolute atomic E-state index is 5.27. The molecule has 6 aromatic carbocycles. The summed E-state index contributed by atoms with van der Waals surface area (Å²) in [4.78, 5) is 10.5. The zero-order valence-electron chi connectivity index (χ0n) is 22.2. The van der Waals surface area contributed by atoms with Gasteiger partial charge in [-0.2, -0.15) is 0 Å². The molecule has 2 heterocycles. The molecule has 0 aliphatic carbocycles. The lowest BCUT2D eigenvalue weighted by Gasteiger charge is -2.12. The summed E-state index contributed by atoms with van der Waals surface area (Å²) in [7, 11) is 0. The van der Waals surface area contributed by atoms with Crippen LogP contribution in [0.25, 0.3) is 76.0 Å². The molecular formula is C38H24N2S. The minimum atomic E-state index is 0.737. The monoisotopic (exact) mass is 540 g/mol. The molecule has 0 N–H and O–H groups in total. The highest BCUT2D eigenvalue weighted by Gasteiger charge is 2.18. The molecule has 0 atom stereocenters. The van der Waals surface area contributed by atoms with Crippen LogP contribution in [0.1, 0.15) is 0 Å². The Hall–Kier alpha value is -5.12. The highest BCUT2D eigenvalue weighted by Crippen LogP contribution is 2.42. The molecule has 3 heteroatoms. The van der Waals surface area contributed by atoms with Crippen LogP contribution in [0, 0.1) is 0 Å². The van der Waals surface area contributed by atoms with Gasteiger partial charge in [-0.05, 0) is 52.2 Å². The molecule has 0 aliphatic heterocycles. The zero-order valence-corrected chi connectivity index (χ0v) is 23.0. The first-order valence-electron chi connectivity index (χ1n) is 13.7. The van der Waals surface area contributed by atoms with Crippen molar-refractivity contribution in [1.29, 1.82) is 0 Å². The molecule has 2 aromatic heterocycles. The number of benzene rings is 6. The molecule has 0 aliphatic rings. The maximum atomic E-state index is 5.27. The van der Waals surface area contributed by atoms with Gasteiger partial charge in [0, 0.05) is 36.9 Å². The summed E-state index contributed by atoms with van der Waals surface area (Å²) in [6, 6.07) is 51.4. The molecule has 0 radical (unpaired) electrons. The molecule has 0 amide bonds. The Bertz CT molecular complexity index is 2200. The molecule has 0 saturated heterocycles. The van der Waals surface area contributed by atoms with Gasteiger partial charge in [0.1, 0.15) is 0 Å². The summed E-state index contributed by atoms with van der Waals surface area (Å²) in [5, 5.41) is 4.86. The van der Waals surface area contributed by atoms with Crippen molar-refractivity contribution in [2.75, 3.05) is 0 Å². The van der Waals surface area contributed by atoms with Gasteiger partial charge in [0.25, 0.3) is 0 Å². The lowest BCUT2D eigenvalue weighted by molar-refractivity contribution is 1.19. The van der Waals surface area contributed by atoms with Gasteiger partial charge in [-0.1, -0.05) is 115 Å². The minimum absolute atomic E-state index is 0.737. The molecule has 0 unspecified atom stereocenters. The number of thiophene rings is 1. The quantitative estimate of drug-likeness (QED) is 0.222. The molecule has 8 aromatic rings. The van der Waals surface area contributed by atoms with E-state index in [2.05, 4.69) is 140 Å². The Morgan fingerprint density at radius 1 is 0.415 bits per heavy atom. The van der Waals surface area contributed by atoms with Gasteiger partial charge in [-0.15, -0.1) is 11.3 Å². The van der Waals surface area contributed by atoms with E-state index in [4.69, 9.17) is 9.97 Å². The van der Waals surface area contributed by atoms with E-state index in [1.165, 1.54) is 42.1 Å². The summed E-state index contributed by atoms with van der Waals surface area (Å²) < 4.78 is 2.51. The Morgan fingerprint density at radius 2 is 1.07 bits per heavy atom. The standard InChI is InChI=1S/C38H24N2S/c1-3-11-25(12-4-1)30-22-32(37-31-17-9-10-18-35(31)41-36(37)23-30)38-39-33(27-14-5-2-6-15-27)24-34(40-38)29-20-19-26-13-7-8-16-28(26)21-29/h1-24H. The summed E-state index contributed by atoms with van der Waals surface area (Å²) in [5.74, 6) is 0.737. The van der Waals surface area contributed by atoms with Crippen LogP contribution >= 0.6 is 11.3 Å². The summed E-state index contributed by atoms with van der Waals surface area (Å²) >= 11 is 1.83. The molecule has 41 heavy (non-hydrogen) atoms. The molecule has 0 fully saturated rings. The molecule has 2 nitrogen and oxygen atoms in total. The van der Waals surface area contributed by atoms with Crippen LogP contribution in [0.3, 0.4) is 0 Å². The summed E-state index contributed by atoms with van der Waals surface area (Å²) in [6.07, 6.45) is 0. The first kappa shape index (κ1) is 23.7. The Balaban J connectivity index is 1.43. The normalized spacial score (nSPS) is 11.4. The topological polar surface area (TPSA) is 25.8 Å². The van der Waals surface area contributed by atoms with Gasteiger partial charge >= 0.3 is 0 Å². The number of rotatable bonds is 4. The first-order valence-corrected chi connectivity index (χ1v) is 14.6. The van der Waals surface area contributed by atoms with Crippen molar-refractivity contribution in [2.45, 2.75) is 0 Å². The van der Waals surface area contributed by atoms with Crippen LogP contribution in [0.4, 0.5) is 0 Å². The van der Waals surface area contributed by atoms with Crippen molar-refractivity contribution in [3.8, 4) is 45.0 Å². The van der Waals surface area contributed by atoms with Crippen LogP contribution in [-0.2, 0) is 0 Å². The molecule has 0 bridgehead atoms. The SMILES string of the molecule is c1ccc(-c2cc(-c3nc(-c4ccccc4)cc(-c4ccc5ccccc5c4)n3)c3c(c2)sc2ccccc23)cc1. The Labute approximate surface area is 242 Å². The van der Waals surface area contributed by atoms with Gasteiger partial charge < -0.3 is 0 Å². The first-order chi connectivity index (χ1) is 20.3. The summed E-state index contributed by atoms with van der Waals surface area (Å²) in [5.41, 5.74) is 7.38. The molecule has 0 spiro atoms. The van der Waals surface area contributed by atoms with Crippen molar-refractivity contribution in [3.63, 3.8) is 0 Å².